The average molecular weight is 248 g/mol. The zero-order chi connectivity index (χ0) is 13.1. The molecule has 5 heteroatoms. The second-order valence-corrected chi connectivity index (χ2v) is 4.25. The van der Waals surface area contributed by atoms with Gasteiger partial charge in [0.2, 0.25) is 5.91 Å². The summed E-state index contributed by atoms with van der Waals surface area (Å²) in [6.45, 7) is 1.86. The first-order valence-electron chi connectivity index (χ1n) is 5.85. The SMILES string of the molecule is CC(=NCCO)C1C(=O)Nc2ccccc2C1O. The van der Waals surface area contributed by atoms with Crippen LogP contribution in [0.5, 0.6) is 0 Å². The van der Waals surface area contributed by atoms with Gasteiger partial charge in [0.25, 0.3) is 0 Å². The maximum Gasteiger partial charge on any atom is 0.236 e. The molecule has 0 fully saturated rings. The van der Waals surface area contributed by atoms with Crippen LogP contribution in [0.15, 0.2) is 29.3 Å². The highest BCUT2D eigenvalue weighted by atomic mass is 16.3. The van der Waals surface area contributed by atoms with E-state index < -0.39 is 12.0 Å². The topological polar surface area (TPSA) is 81.9 Å². The van der Waals surface area contributed by atoms with E-state index in [-0.39, 0.29) is 19.1 Å². The molecule has 2 rings (SSSR count). The summed E-state index contributed by atoms with van der Waals surface area (Å²) in [4.78, 5) is 16.0. The highest BCUT2D eigenvalue weighted by Crippen LogP contribution is 2.34. The number of fused-ring (bicyclic) bond motifs is 1. The number of amides is 1. The van der Waals surface area contributed by atoms with Crippen LogP contribution in [0.25, 0.3) is 0 Å². The van der Waals surface area contributed by atoms with Crippen molar-refractivity contribution in [3.05, 3.63) is 29.8 Å². The van der Waals surface area contributed by atoms with Crippen molar-refractivity contribution < 1.29 is 15.0 Å². The molecule has 1 amide bonds. The van der Waals surface area contributed by atoms with Gasteiger partial charge in [-0.15, -0.1) is 0 Å². The molecule has 0 saturated carbocycles. The Bertz CT molecular complexity index is 485. The number of hydrogen-bond donors (Lipinski definition) is 3. The lowest BCUT2D eigenvalue weighted by Gasteiger charge is -2.29. The smallest absolute Gasteiger partial charge is 0.236 e. The van der Waals surface area contributed by atoms with Gasteiger partial charge in [0.05, 0.1) is 19.3 Å². The molecule has 3 N–H and O–H groups in total. The molecule has 1 aromatic carbocycles. The molecule has 18 heavy (non-hydrogen) atoms. The molecule has 1 aliphatic heterocycles. The van der Waals surface area contributed by atoms with Crippen molar-refractivity contribution in [3.8, 4) is 0 Å². The zero-order valence-corrected chi connectivity index (χ0v) is 10.1. The van der Waals surface area contributed by atoms with Gasteiger partial charge in [-0.2, -0.15) is 0 Å². The third-order valence-corrected chi connectivity index (χ3v) is 3.05. The van der Waals surface area contributed by atoms with Gasteiger partial charge in [-0.3, -0.25) is 9.79 Å². The molecule has 0 saturated heterocycles. The summed E-state index contributed by atoms with van der Waals surface area (Å²) in [5.41, 5.74) is 1.87. The van der Waals surface area contributed by atoms with Crippen LogP contribution in [0.1, 0.15) is 18.6 Å². The lowest BCUT2D eigenvalue weighted by atomic mass is 9.87. The van der Waals surface area contributed by atoms with E-state index in [1.165, 1.54) is 0 Å². The van der Waals surface area contributed by atoms with Gasteiger partial charge in [-0.05, 0) is 13.0 Å². The molecule has 2 unspecified atom stereocenters. The van der Waals surface area contributed by atoms with E-state index in [1.807, 2.05) is 6.07 Å². The number of benzene rings is 1. The number of hydrogen-bond acceptors (Lipinski definition) is 4. The fraction of sp³-hybridized carbons (Fsp3) is 0.385. The lowest BCUT2D eigenvalue weighted by molar-refractivity contribution is -0.121. The van der Waals surface area contributed by atoms with E-state index in [4.69, 9.17) is 5.11 Å². The Balaban J connectivity index is 2.32. The molecule has 1 heterocycles. The minimum Gasteiger partial charge on any atom is -0.394 e. The number of aliphatic imine (C=N–C) groups is 1. The van der Waals surface area contributed by atoms with Crippen LogP contribution < -0.4 is 5.32 Å². The molecule has 0 radical (unpaired) electrons. The van der Waals surface area contributed by atoms with Crippen molar-refractivity contribution in [3.63, 3.8) is 0 Å². The monoisotopic (exact) mass is 248 g/mol. The first-order chi connectivity index (χ1) is 8.65. The number of aliphatic hydroxyl groups is 2. The highest BCUT2D eigenvalue weighted by molar-refractivity contribution is 6.11. The van der Waals surface area contributed by atoms with Crippen LogP contribution in [-0.4, -0.2) is 35.0 Å². The number of carbonyl (C=O) groups excluding carboxylic acids is 1. The Hall–Kier alpha value is -1.72. The van der Waals surface area contributed by atoms with Crippen molar-refractivity contribution >= 4 is 17.3 Å². The Labute approximate surface area is 105 Å². The minimum absolute atomic E-state index is 0.0711. The summed E-state index contributed by atoms with van der Waals surface area (Å²) >= 11 is 0. The van der Waals surface area contributed by atoms with Gasteiger partial charge in [0.15, 0.2) is 0 Å². The van der Waals surface area contributed by atoms with Gasteiger partial charge < -0.3 is 15.5 Å². The fourth-order valence-electron chi connectivity index (χ4n) is 2.15. The summed E-state index contributed by atoms with van der Waals surface area (Å²) < 4.78 is 0. The maximum atomic E-state index is 12.0. The van der Waals surface area contributed by atoms with Crippen LogP contribution in [0, 0.1) is 5.92 Å². The van der Waals surface area contributed by atoms with Gasteiger partial charge in [-0.25, -0.2) is 0 Å². The molecule has 0 spiro atoms. The van der Waals surface area contributed by atoms with E-state index in [9.17, 15) is 9.90 Å². The lowest BCUT2D eigenvalue weighted by Crippen LogP contribution is -2.38. The van der Waals surface area contributed by atoms with Crippen LogP contribution in [-0.2, 0) is 4.79 Å². The third kappa shape index (κ3) is 2.27. The largest absolute Gasteiger partial charge is 0.394 e. The molecule has 2 atom stereocenters. The van der Waals surface area contributed by atoms with Crippen molar-refractivity contribution in [2.75, 3.05) is 18.5 Å². The van der Waals surface area contributed by atoms with Gasteiger partial charge in [0.1, 0.15) is 5.92 Å². The molecule has 0 bridgehead atoms. The van der Waals surface area contributed by atoms with Gasteiger partial charge in [-0.1, -0.05) is 18.2 Å². The summed E-state index contributed by atoms with van der Waals surface area (Å²) in [5.74, 6) is -0.952. The van der Waals surface area contributed by atoms with E-state index in [0.717, 1.165) is 0 Å². The predicted molar refractivity (Wildman–Crippen MR) is 68.6 cm³/mol. The number of nitrogens with one attached hydrogen (secondary N) is 1. The number of rotatable bonds is 3. The summed E-state index contributed by atoms with van der Waals surface area (Å²) in [7, 11) is 0. The molecule has 0 aliphatic carbocycles. The Morgan fingerprint density at radius 2 is 2.17 bits per heavy atom. The van der Waals surface area contributed by atoms with Crippen LogP contribution in [0.3, 0.4) is 0 Å². The standard InChI is InChI=1S/C13H16N2O3/c1-8(14-6-7-16)11-12(17)9-4-2-3-5-10(9)15-13(11)18/h2-5,11-12,16-17H,6-7H2,1H3,(H,15,18). The van der Waals surface area contributed by atoms with Gasteiger partial charge in [0, 0.05) is 17.0 Å². The molecular formula is C13H16N2O3. The summed E-state index contributed by atoms with van der Waals surface area (Å²) in [6, 6.07) is 7.16. The zero-order valence-electron chi connectivity index (χ0n) is 10.1. The Morgan fingerprint density at radius 3 is 2.89 bits per heavy atom. The molecule has 0 aromatic heterocycles. The second-order valence-electron chi connectivity index (χ2n) is 4.25. The van der Waals surface area contributed by atoms with E-state index in [2.05, 4.69) is 10.3 Å². The van der Waals surface area contributed by atoms with Crippen LogP contribution in [0.2, 0.25) is 0 Å². The highest BCUT2D eigenvalue weighted by Gasteiger charge is 2.36. The molecule has 5 nitrogen and oxygen atoms in total. The average Bonchev–Trinajstić information content (AvgIpc) is 2.36. The molecular weight excluding hydrogens is 232 g/mol. The van der Waals surface area contributed by atoms with Crippen molar-refractivity contribution in [1.82, 2.24) is 0 Å². The summed E-state index contributed by atoms with van der Waals surface area (Å²) in [6.07, 6.45) is -0.891. The third-order valence-electron chi connectivity index (χ3n) is 3.05. The second kappa shape index (κ2) is 5.29. The van der Waals surface area contributed by atoms with Crippen molar-refractivity contribution in [1.29, 1.82) is 0 Å². The van der Waals surface area contributed by atoms with Crippen molar-refractivity contribution in [2.24, 2.45) is 10.9 Å². The Morgan fingerprint density at radius 1 is 1.44 bits per heavy atom. The first-order valence-corrected chi connectivity index (χ1v) is 5.85. The number of carbonyl (C=O) groups is 1. The quantitative estimate of drug-likeness (QED) is 0.690. The van der Waals surface area contributed by atoms with E-state index in [1.54, 1.807) is 25.1 Å². The van der Waals surface area contributed by atoms with Crippen LogP contribution >= 0.6 is 0 Å². The van der Waals surface area contributed by atoms with E-state index >= 15 is 0 Å². The molecule has 96 valence electrons. The van der Waals surface area contributed by atoms with Crippen LogP contribution in [0.4, 0.5) is 5.69 Å². The number of anilines is 1. The van der Waals surface area contributed by atoms with Crippen molar-refractivity contribution in [2.45, 2.75) is 13.0 Å². The Kier molecular flexibility index (Phi) is 3.74. The first kappa shape index (κ1) is 12.7. The number of para-hydroxylation sites is 1. The predicted octanol–water partition coefficient (Wildman–Crippen LogP) is 0.741. The molecule has 1 aliphatic rings. The minimum atomic E-state index is -0.891. The fourth-order valence-corrected chi connectivity index (χ4v) is 2.15. The van der Waals surface area contributed by atoms with E-state index in [0.29, 0.717) is 17.0 Å². The van der Waals surface area contributed by atoms with Gasteiger partial charge >= 0.3 is 0 Å². The normalized spacial score (nSPS) is 23.5. The maximum absolute atomic E-state index is 12.0. The molecule has 1 aromatic rings. The number of aliphatic hydroxyl groups excluding tert-OH is 2. The number of nitrogens with zero attached hydrogens (tertiary/aromatic N) is 1. The summed E-state index contributed by atoms with van der Waals surface area (Å²) in [5, 5.41) is 21.7.